The number of hydrogen-bond acceptors (Lipinski definition) is 4. The third kappa shape index (κ3) is 6.86. The number of aryl methyl sites for hydroxylation is 2. The monoisotopic (exact) mass is 299 g/mol. The van der Waals surface area contributed by atoms with Crippen LogP contribution in [0.2, 0.25) is 0 Å². The highest BCUT2D eigenvalue weighted by Crippen LogP contribution is 2.11. The summed E-state index contributed by atoms with van der Waals surface area (Å²) in [6.45, 7) is 7.73. The van der Waals surface area contributed by atoms with Gasteiger partial charge in [0.2, 0.25) is 10.0 Å². The van der Waals surface area contributed by atoms with Gasteiger partial charge < -0.3 is 5.32 Å². The van der Waals surface area contributed by atoms with E-state index in [1.54, 1.807) is 6.07 Å². The van der Waals surface area contributed by atoms with E-state index in [0.29, 0.717) is 12.2 Å². The van der Waals surface area contributed by atoms with Gasteiger partial charge >= 0.3 is 0 Å². The van der Waals surface area contributed by atoms with Gasteiger partial charge in [-0.1, -0.05) is 6.92 Å². The Labute approximate surface area is 122 Å². The Bertz CT molecular complexity index is 495. The lowest BCUT2D eigenvalue weighted by Crippen LogP contribution is -2.20. The van der Waals surface area contributed by atoms with Crippen LogP contribution in [0, 0.1) is 13.8 Å². The summed E-state index contributed by atoms with van der Waals surface area (Å²) in [6, 6.07) is 3.66. The van der Waals surface area contributed by atoms with Gasteiger partial charge in [-0.2, -0.15) is 0 Å². The Morgan fingerprint density at radius 1 is 1.15 bits per heavy atom. The van der Waals surface area contributed by atoms with Gasteiger partial charge in [0, 0.05) is 5.69 Å². The second kappa shape index (κ2) is 8.21. The Hall–Kier alpha value is -1.14. The first-order chi connectivity index (χ1) is 9.43. The Balaban J connectivity index is 2.41. The number of rotatable bonds is 9. The van der Waals surface area contributed by atoms with Crippen LogP contribution in [0.5, 0.6) is 0 Å². The SMILES string of the molecule is CCCNCCCCS(=O)(=O)Nc1cc(C)cc(C)n1. The summed E-state index contributed by atoms with van der Waals surface area (Å²) in [5.74, 6) is 0.543. The van der Waals surface area contributed by atoms with Gasteiger partial charge in [-0.05, 0) is 63.9 Å². The molecule has 114 valence electrons. The maximum Gasteiger partial charge on any atom is 0.233 e. The third-order valence-electron chi connectivity index (χ3n) is 2.80. The first-order valence-electron chi connectivity index (χ1n) is 7.09. The molecule has 0 atom stereocenters. The lowest BCUT2D eigenvalue weighted by atomic mass is 10.2. The van der Waals surface area contributed by atoms with Crippen molar-refractivity contribution in [2.75, 3.05) is 23.6 Å². The normalized spacial score (nSPS) is 11.6. The van der Waals surface area contributed by atoms with Gasteiger partial charge in [0.25, 0.3) is 0 Å². The molecule has 0 saturated heterocycles. The third-order valence-corrected chi connectivity index (χ3v) is 4.15. The maximum absolute atomic E-state index is 11.9. The number of sulfonamides is 1. The van der Waals surface area contributed by atoms with Crippen molar-refractivity contribution in [3.63, 3.8) is 0 Å². The molecule has 0 radical (unpaired) electrons. The highest BCUT2D eigenvalue weighted by atomic mass is 32.2. The van der Waals surface area contributed by atoms with E-state index < -0.39 is 10.0 Å². The summed E-state index contributed by atoms with van der Waals surface area (Å²) in [4.78, 5) is 4.19. The van der Waals surface area contributed by atoms with Crippen molar-refractivity contribution in [2.24, 2.45) is 0 Å². The van der Waals surface area contributed by atoms with Crippen molar-refractivity contribution in [3.05, 3.63) is 23.4 Å². The van der Waals surface area contributed by atoms with E-state index in [4.69, 9.17) is 0 Å². The molecule has 0 spiro atoms. The largest absolute Gasteiger partial charge is 0.317 e. The maximum atomic E-state index is 11.9. The molecule has 6 heteroatoms. The van der Waals surface area contributed by atoms with E-state index in [1.165, 1.54) is 0 Å². The number of anilines is 1. The molecule has 0 bridgehead atoms. The molecule has 0 fully saturated rings. The lowest BCUT2D eigenvalue weighted by molar-refractivity contribution is 0.590. The fraction of sp³-hybridized carbons (Fsp3) is 0.643. The van der Waals surface area contributed by atoms with Crippen LogP contribution in [0.25, 0.3) is 0 Å². The average Bonchev–Trinajstić information content (AvgIpc) is 2.31. The minimum Gasteiger partial charge on any atom is -0.317 e. The summed E-state index contributed by atoms with van der Waals surface area (Å²) in [6.07, 6.45) is 2.61. The van der Waals surface area contributed by atoms with Crippen LogP contribution >= 0.6 is 0 Å². The molecule has 0 aromatic carbocycles. The highest BCUT2D eigenvalue weighted by Gasteiger charge is 2.11. The summed E-state index contributed by atoms with van der Waals surface area (Å²) in [5, 5.41) is 3.26. The van der Waals surface area contributed by atoms with Crippen LogP contribution in [0.4, 0.5) is 5.82 Å². The van der Waals surface area contributed by atoms with E-state index in [-0.39, 0.29) is 5.75 Å². The Morgan fingerprint density at radius 3 is 2.55 bits per heavy atom. The lowest BCUT2D eigenvalue weighted by Gasteiger charge is -2.09. The molecule has 1 rings (SSSR count). The van der Waals surface area contributed by atoms with Crippen molar-refractivity contribution in [2.45, 2.75) is 40.0 Å². The number of hydrogen-bond donors (Lipinski definition) is 2. The first-order valence-corrected chi connectivity index (χ1v) is 8.74. The van der Waals surface area contributed by atoms with Crippen molar-refractivity contribution < 1.29 is 8.42 Å². The zero-order chi connectivity index (χ0) is 15.0. The molecule has 0 aliphatic rings. The number of nitrogens with one attached hydrogen (secondary N) is 2. The van der Waals surface area contributed by atoms with Gasteiger partial charge in [-0.25, -0.2) is 13.4 Å². The van der Waals surface area contributed by atoms with E-state index >= 15 is 0 Å². The number of nitrogens with zero attached hydrogens (tertiary/aromatic N) is 1. The van der Waals surface area contributed by atoms with Gasteiger partial charge in [-0.15, -0.1) is 0 Å². The Morgan fingerprint density at radius 2 is 1.90 bits per heavy atom. The number of pyridine rings is 1. The van der Waals surface area contributed by atoms with Crippen LogP contribution in [-0.2, 0) is 10.0 Å². The van der Waals surface area contributed by atoms with Gasteiger partial charge in [0.05, 0.1) is 5.75 Å². The van der Waals surface area contributed by atoms with E-state index in [2.05, 4.69) is 21.9 Å². The topological polar surface area (TPSA) is 71.1 Å². The van der Waals surface area contributed by atoms with E-state index in [9.17, 15) is 8.42 Å². The molecule has 0 amide bonds. The van der Waals surface area contributed by atoms with Crippen molar-refractivity contribution in [1.29, 1.82) is 0 Å². The Kier molecular flexibility index (Phi) is 6.95. The van der Waals surface area contributed by atoms with Crippen molar-refractivity contribution >= 4 is 15.8 Å². The number of aromatic nitrogens is 1. The molecule has 5 nitrogen and oxygen atoms in total. The van der Waals surface area contributed by atoms with Gasteiger partial charge in [0.1, 0.15) is 5.82 Å². The summed E-state index contributed by atoms with van der Waals surface area (Å²) < 4.78 is 26.4. The van der Waals surface area contributed by atoms with Gasteiger partial charge in [-0.3, -0.25) is 4.72 Å². The molecule has 20 heavy (non-hydrogen) atoms. The minimum atomic E-state index is -3.30. The van der Waals surface area contributed by atoms with Crippen LogP contribution in [-0.4, -0.2) is 32.2 Å². The summed E-state index contributed by atoms with van der Waals surface area (Å²) >= 11 is 0. The highest BCUT2D eigenvalue weighted by molar-refractivity contribution is 7.92. The average molecular weight is 299 g/mol. The molecule has 0 aliphatic carbocycles. The van der Waals surface area contributed by atoms with Crippen LogP contribution in [0.3, 0.4) is 0 Å². The van der Waals surface area contributed by atoms with Crippen molar-refractivity contribution in [1.82, 2.24) is 10.3 Å². The van der Waals surface area contributed by atoms with Crippen LogP contribution in [0.15, 0.2) is 12.1 Å². The fourth-order valence-electron chi connectivity index (χ4n) is 1.95. The molecule has 1 aromatic heterocycles. The van der Waals surface area contributed by atoms with Gasteiger partial charge in [0.15, 0.2) is 0 Å². The summed E-state index contributed by atoms with van der Waals surface area (Å²) in [7, 11) is -3.30. The molecule has 1 aromatic rings. The molecule has 1 heterocycles. The number of unbranched alkanes of at least 4 members (excludes halogenated alkanes) is 1. The fourth-order valence-corrected chi connectivity index (χ4v) is 3.06. The smallest absolute Gasteiger partial charge is 0.233 e. The quantitative estimate of drug-likeness (QED) is 0.686. The zero-order valence-corrected chi connectivity index (χ0v) is 13.4. The van der Waals surface area contributed by atoms with Crippen LogP contribution in [0.1, 0.15) is 37.4 Å². The predicted molar refractivity (Wildman–Crippen MR) is 83.5 cm³/mol. The van der Waals surface area contributed by atoms with E-state index in [1.807, 2.05) is 19.9 Å². The van der Waals surface area contributed by atoms with E-state index in [0.717, 1.165) is 37.2 Å². The minimum absolute atomic E-state index is 0.134. The molecular weight excluding hydrogens is 274 g/mol. The molecule has 2 N–H and O–H groups in total. The molecular formula is C14H25N3O2S. The molecule has 0 unspecified atom stereocenters. The predicted octanol–water partition coefficient (Wildman–Crippen LogP) is 2.22. The second-order valence-electron chi connectivity index (χ2n) is 5.05. The summed E-state index contributed by atoms with van der Waals surface area (Å²) in [5.41, 5.74) is 1.81. The van der Waals surface area contributed by atoms with Crippen LogP contribution < -0.4 is 10.0 Å². The molecule has 0 saturated carbocycles. The second-order valence-corrected chi connectivity index (χ2v) is 6.89. The standard InChI is InChI=1S/C14H25N3O2S/c1-4-7-15-8-5-6-9-20(18,19)17-14-11-12(2)10-13(3)16-14/h10-11,15H,4-9H2,1-3H3,(H,16,17). The molecule has 0 aliphatic heterocycles. The first kappa shape index (κ1) is 16.9. The van der Waals surface area contributed by atoms with Crippen molar-refractivity contribution in [3.8, 4) is 0 Å². The zero-order valence-electron chi connectivity index (χ0n) is 12.6.